The van der Waals surface area contributed by atoms with Crippen LogP contribution in [0.2, 0.25) is 0 Å². The van der Waals surface area contributed by atoms with Gasteiger partial charge in [-0.05, 0) is 16.7 Å². The third-order valence-electron chi connectivity index (χ3n) is 5.30. The zero-order valence-electron chi connectivity index (χ0n) is 10.8. The standard InChI is InChI=1S/C17H16O2/c1-18-17-11-8-12-13-6-7-14(19-13)15(12)16(17)10-5-3-2-4-9(10)11/h2-8,11,13-17H,1H3/t11-,13-,14+,15+,16-,17?/m0/s1. The molecule has 19 heavy (non-hydrogen) atoms. The molecule has 0 spiro atoms. The second-order valence-electron chi connectivity index (χ2n) is 5.98. The molecule has 0 N–H and O–H groups in total. The van der Waals surface area contributed by atoms with Crippen molar-refractivity contribution in [2.45, 2.75) is 30.1 Å². The first-order chi connectivity index (χ1) is 9.38. The fourth-order valence-corrected chi connectivity index (χ4v) is 4.64. The maximum absolute atomic E-state index is 6.04. The van der Waals surface area contributed by atoms with Crippen LogP contribution in [0.5, 0.6) is 0 Å². The van der Waals surface area contributed by atoms with Crippen LogP contribution in [0.1, 0.15) is 23.0 Å². The van der Waals surface area contributed by atoms with E-state index < -0.39 is 0 Å². The van der Waals surface area contributed by atoms with E-state index in [0.717, 1.165) is 0 Å². The summed E-state index contributed by atoms with van der Waals surface area (Å²) in [6, 6.07) is 8.83. The number of ether oxygens (including phenoxy) is 2. The lowest BCUT2D eigenvalue weighted by Crippen LogP contribution is -2.35. The monoisotopic (exact) mass is 252 g/mol. The largest absolute Gasteiger partial charge is 0.380 e. The molecular weight excluding hydrogens is 236 g/mol. The van der Waals surface area contributed by atoms with Gasteiger partial charge in [-0.25, -0.2) is 0 Å². The van der Waals surface area contributed by atoms with Crippen LogP contribution in [0.25, 0.3) is 0 Å². The quantitative estimate of drug-likeness (QED) is 0.716. The summed E-state index contributed by atoms with van der Waals surface area (Å²) in [5.74, 6) is 1.36. The Hall–Kier alpha value is -1.38. The van der Waals surface area contributed by atoms with Crippen molar-refractivity contribution in [2.24, 2.45) is 5.92 Å². The second-order valence-corrected chi connectivity index (χ2v) is 5.98. The molecule has 2 heterocycles. The Labute approximate surface area is 112 Å². The highest BCUT2D eigenvalue weighted by Crippen LogP contribution is 2.59. The van der Waals surface area contributed by atoms with Gasteiger partial charge >= 0.3 is 0 Å². The van der Waals surface area contributed by atoms with Crippen LogP contribution in [0.4, 0.5) is 0 Å². The maximum Gasteiger partial charge on any atom is 0.0980 e. The van der Waals surface area contributed by atoms with Crippen LogP contribution in [0, 0.1) is 5.92 Å². The van der Waals surface area contributed by atoms with E-state index in [1.807, 2.05) is 7.11 Å². The molecule has 5 rings (SSSR count). The van der Waals surface area contributed by atoms with Gasteiger partial charge in [0.15, 0.2) is 0 Å². The number of fused-ring (bicyclic) bond motifs is 11. The van der Waals surface area contributed by atoms with Gasteiger partial charge in [0.25, 0.3) is 0 Å². The van der Waals surface area contributed by atoms with E-state index >= 15 is 0 Å². The average Bonchev–Trinajstić information content (AvgIpc) is 3.11. The maximum atomic E-state index is 6.04. The molecule has 4 bridgehead atoms. The summed E-state index contributed by atoms with van der Waals surface area (Å²) in [4.78, 5) is 0. The molecule has 1 fully saturated rings. The topological polar surface area (TPSA) is 18.5 Å². The van der Waals surface area contributed by atoms with Crippen LogP contribution >= 0.6 is 0 Å². The second kappa shape index (κ2) is 3.38. The predicted molar refractivity (Wildman–Crippen MR) is 72.1 cm³/mol. The van der Waals surface area contributed by atoms with Crippen molar-refractivity contribution in [3.63, 3.8) is 0 Å². The van der Waals surface area contributed by atoms with Crippen molar-refractivity contribution in [1.82, 2.24) is 0 Å². The summed E-state index contributed by atoms with van der Waals surface area (Å²) >= 11 is 0. The summed E-state index contributed by atoms with van der Waals surface area (Å²) in [5, 5.41) is 0. The van der Waals surface area contributed by atoms with Gasteiger partial charge in [-0.3, -0.25) is 0 Å². The van der Waals surface area contributed by atoms with Crippen molar-refractivity contribution in [2.75, 3.05) is 7.11 Å². The van der Waals surface area contributed by atoms with Gasteiger partial charge < -0.3 is 9.47 Å². The molecule has 2 aliphatic heterocycles. The number of benzene rings is 1. The third kappa shape index (κ3) is 1.11. The number of methoxy groups -OCH3 is 1. The summed E-state index contributed by atoms with van der Waals surface area (Å²) < 4.78 is 11.9. The first-order valence-corrected chi connectivity index (χ1v) is 7.05. The molecule has 1 saturated heterocycles. The molecule has 2 nitrogen and oxygen atoms in total. The average molecular weight is 252 g/mol. The van der Waals surface area contributed by atoms with Crippen molar-refractivity contribution in [3.8, 4) is 0 Å². The Morgan fingerprint density at radius 3 is 2.74 bits per heavy atom. The Kier molecular flexibility index (Phi) is 1.85. The minimum Gasteiger partial charge on any atom is -0.380 e. The Morgan fingerprint density at radius 1 is 1.05 bits per heavy atom. The zero-order valence-corrected chi connectivity index (χ0v) is 10.8. The zero-order chi connectivity index (χ0) is 12.6. The van der Waals surface area contributed by atoms with E-state index in [4.69, 9.17) is 9.47 Å². The molecule has 96 valence electrons. The number of hydrogen-bond acceptors (Lipinski definition) is 2. The number of hydrogen-bond donors (Lipinski definition) is 0. The molecule has 0 amide bonds. The SMILES string of the molecule is COC1[C@H]2c3ccccc3[C@@H]1C=C1[C@@H]2[C@H]2C=C[C@@H]1O2. The van der Waals surface area contributed by atoms with Gasteiger partial charge in [0.2, 0.25) is 0 Å². The minimum absolute atomic E-state index is 0.229. The van der Waals surface area contributed by atoms with E-state index in [1.165, 1.54) is 16.7 Å². The fraction of sp³-hybridized carbons (Fsp3) is 0.412. The molecule has 1 unspecified atom stereocenters. The van der Waals surface area contributed by atoms with Crippen molar-refractivity contribution in [1.29, 1.82) is 0 Å². The Balaban J connectivity index is 1.74. The summed E-state index contributed by atoms with van der Waals surface area (Å²) in [5.41, 5.74) is 4.42. The van der Waals surface area contributed by atoms with Gasteiger partial charge in [-0.15, -0.1) is 0 Å². The minimum atomic E-state index is 0.229. The lowest BCUT2D eigenvalue weighted by Gasteiger charge is -2.35. The van der Waals surface area contributed by atoms with E-state index in [-0.39, 0.29) is 18.3 Å². The van der Waals surface area contributed by atoms with Crippen LogP contribution < -0.4 is 0 Å². The van der Waals surface area contributed by atoms with E-state index in [0.29, 0.717) is 17.8 Å². The molecule has 1 aromatic rings. The van der Waals surface area contributed by atoms with Crippen LogP contribution in [-0.2, 0) is 9.47 Å². The van der Waals surface area contributed by atoms with Gasteiger partial charge in [0.1, 0.15) is 0 Å². The van der Waals surface area contributed by atoms with Crippen molar-refractivity contribution >= 4 is 0 Å². The molecule has 2 heteroatoms. The van der Waals surface area contributed by atoms with E-state index in [9.17, 15) is 0 Å². The summed E-state index contributed by atoms with van der Waals surface area (Å²) in [6.07, 6.45) is 7.64. The van der Waals surface area contributed by atoms with E-state index in [1.54, 1.807) is 0 Å². The molecule has 0 saturated carbocycles. The highest BCUT2D eigenvalue weighted by molar-refractivity contribution is 5.52. The molecule has 1 aromatic carbocycles. The number of rotatable bonds is 1. The summed E-state index contributed by atoms with van der Waals surface area (Å²) in [7, 11) is 1.85. The van der Waals surface area contributed by atoms with E-state index in [2.05, 4.69) is 42.5 Å². The normalized spacial score (nSPS) is 44.2. The lowest BCUT2D eigenvalue weighted by molar-refractivity contribution is 0.0429. The fourth-order valence-electron chi connectivity index (χ4n) is 4.64. The van der Waals surface area contributed by atoms with Crippen molar-refractivity contribution < 1.29 is 9.47 Å². The predicted octanol–water partition coefficient (Wildman–Crippen LogP) is 2.78. The highest BCUT2D eigenvalue weighted by Gasteiger charge is 2.56. The van der Waals surface area contributed by atoms with Gasteiger partial charge in [0.05, 0.1) is 18.3 Å². The van der Waals surface area contributed by atoms with Gasteiger partial charge in [-0.1, -0.05) is 42.5 Å². The van der Waals surface area contributed by atoms with Crippen LogP contribution in [-0.4, -0.2) is 25.4 Å². The molecule has 0 radical (unpaired) electrons. The van der Waals surface area contributed by atoms with Gasteiger partial charge in [-0.2, -0.15) is 0 Å². The van der Waals surface area contributed by atoms with Crippen LogP contribution in [0.3, 0.4) is 0 Å². The van der Waals surface area contributed by atoms with Crippen LogP contribution in [0.15, 0.2) is 48.1 Å². The first-order valence-electron chi connectivity index (χ1n) is 7.05. The molecule has 2 aliphatic carbocycles. The molecular formula is C17H16O2. The van der Waals surface area contributed by atoms with Gasteiger partial charge in [0, 0.05) is 24.9 Å². The lowest BCUT2D eigenvalue weighted by atomic mass is 9.71. The highest BCUT2D eigenvalue weighted by atomic mass is 16.5. The third-order valence-corrected chi connectivity index (χ3v) is 5.30. The first kappa shape index (κ1) is 10.4. The van der Waals surface area contributed by atoms with Crippen molar-refractivity contribution in [3.05, 3.63) is 59.2 Å². The molecule has 0 aromatic heterocycles. The molecule has 4 aliphatic rings. The Bertz CT molecular complexity index is 615. The molecule has 6 atom stereocenters. The smallest absolute Gasteiger partial charge is 0.0980 e. The summed E-state index contributed by atoms with van der Waals surface area (Å²) in [6.45, 7) is 0. The Morgan fingerprint density at radius 2 is 1.89 bits per heavy atom.